The third-order valence-electron chi connectivity index (χ3n) is 3.69. The molecule has 0 saturated carbocycles. The van der Waals surface area contributed by atoms with Crippen LogP contribution in [0.2, 0.25) is 0 Å². The summed E-state index contributed by atoms with van der Waals surface area (Å²) in [6.07, 6.45) is 1.73. The molecule has 0 radical (unpaired) electrons. The largest absolute Gasteiger partial charge is 0.493 e. The summed E-state index contributed by atoms with van der Waals surface area (Å²) in [4.78, 5) is 32.3. The van der Waals surface area contributed by atoms with Crippen molar-refractivity contribution in [3.05, 3.63) is 35.2 Å². The quantitative estimate of drug-likeness (QED) is 0.579. The minimum absolute atomic E-state index is 0.0580. The molecule has 2 heterocycles. The SMILES string of the molecule is COc1ccc(-c2csc(NC(=O)CCC(=O)Nc3nccs3)n2)cc1OC. The Morgan fingerprint density at radius 3 is 2.36 bits per heavy atom. The summed E-state index contributed by atoms with van der Waals surface area (Å²) in [5, 5.41) is 9.95. The van der Waals surface area contributed by atoms with Gasteiger partial charge in [0.05, 0.1) is 19.9 Å². The van der Waals surface area contributed by atoms with Gasteiger partial charge in [-0.2, -0.15) is 0 Å². The number of ether oxygens (including phenoxy) is 2. The van der Waals surface area contributed by atoms with Crippen molar-refractivity contribution in [2.24, 2.45) is 0 Å². The summed E-state index contributed by atoms with van der Waals surface area (Å²) in [5.74, 6) is 0.702. The fourth-order valence-corrected chi connectivity index (χ4v) is 3.62. The van der Waals surface area contributed by atoms with Crippen molar-refractivity contribution in [1.29, 1.82) is 0 Å². The summed E-state index contributed by atoms with van der Waals surface area (Å²) in [6, 6.07) is 5.49. The number of hydrogen-bond acceptors (Lipinski definition) is 8. The topological polar surface area (TPSA) is 102 Å². The molecule has 8 nitrogen and oxygen atoms in total. The van der Waals surface area contributed by atoms with Crippen LogP contribution in [0.3, 0.4) is 0 Å². The first-order valence-corrected chi connectivity index (χ1v) is 10.0. The number of nitrogens with one attached hydrogen (secondary N) is 2. The first kappa shape index (κ1) is 19.8. The zero-order chi connectivity index (χ0) is 19.9. The van der Waals surface area contributed by atoms with Crippen molar-refractivity contribution < 1.29 is 19.1 Å². The molecule has 146 valence electrons. The molecule has 0 atom stereocenters. The minimum atomic E-state index is -0.275. The normalized spacial score (nSPS) is 10.4. The lowest BCUT2D eigenvalue weighted by Gasteiger charge is -2.08. The summed E-state index contributed by atoms with van der Waals surface area (Å²) in [5.41, 5.74) is 1.56. The molecule has 0 spiro atoms. The van der Waals surface area contributed by atoms with E-state index in [-0.39, 0.29) is 24.7 Å². The van der Waals surface area contributed by atoms with Gasteiger partial charge in [-0.15, -0.1) is 22.7 Å². The third-order valence-corrected chi connectivity index (χ3v) is 5.13. The van der Waals surface area contributed by atoms with Crippen LogP contribution in [0.1, 0.15) is 12.8 Å². The van der Waals surface area contributed by atoms with Crippen molar-refractivity contribution in [2.75, 3.05) is 24.9 Å². The van der Waals surface area contributed by atoms with Gasteiger partial charge in [0, 0.05) is 35.4 Å². The third kappa shape index (κ3) is 5.05. The van der Waals surface area contributed by atoms with E-state index < -0.39 is 0 Å². The van der Waals surface area contributed by atoms with E-state index in [0.29, 0.717) is 27.5 Å². The lowest BCUT2D eigenvalue weighted by molar-refractivity contribution is -0.121. The Balaban J connectivity index is 1.55. The maximum Gasteiger partial charge on any atom is 0.226 e. The Labute approximate surface area is 169 Å². The Morgan fingerprint density at radius 1 is 1.00 bits per heavy atom. The molecule has 0 fully saturated rings. The molecule has 1 aromatic carbocycles. The lowest BCUT2D eigenvalue weighted by Crippen LogP contribution is -2.17. The first-order chi connectivity index (χ1) is 13.6. The van der Waals surface area contributed by atoms with Gasteiger partial charge < -0.3 is 20.1 Å². The summed E-state index contributed by atoms with van der Waals surface area (Å²) < 4.78 is 10.5. The predicted octanol–water partition coefficient (Wildman–Crippen LogP) is 3.64. The second-order valence-corrected chi connectivity index (χ2v) is 7.29. The van der Waals surface area contributed by atoms with E-state index in [9.17, 15) is 9.59 Å². The van der Waals surface area contributed by atoms with Crippen LogP contribution in [0, 0.1) is 0 Å². The van der Waals surface area contributed by atoms with E-state index in [1.54, 1.807) is 31.9 Å². The van der Waals surface area contributed by atoms with Gasteiger partial charge in [0.1, 0.15) is 0 Å². The average Bonchev–Trinajstić information content (AvgIpc) is 3.38. The number of carbonyl (C=O) groups is 2. The van der Waals surface area contributed by atoms with Crippen LogP contribution in [0.4, 0.5) is 10.3 Å². The highest BCUT2D eigenvalue weighted by Gasteiger charge is 2.12. The molecular formula is C18H18N4O4S2. The molecule has 0 aliphatic heterocycles. The van der Waals surface area contributed by atoms with Crippen molar-refractivity contribution >= 4 is 44.8 Å². The Kier molecular flexibility index (Phi) is 6.56. The Morgan fingerprint density at radius 2 is 1.71 bits per heavy atom. The van der Waals surface area contributed by atoms with Crippen LogP contribution >= 0.6 is 22.7 Å². The highest BCUT2D eigenvalue weighted by atomic mass is 32.1. The van der Waals surface area contributed by atoms with Crippen molar-refractivity contribution in [1.82, 2.24) is 9.97 Å². The smallest absolute Gasteiger partial charge is 0.226 e. The molecule has 3 aromatic rings. The molecule has 0 aliphatic rings. The molecule has 0 bridgehead atoms. The fourth-order valence-electron chi connectivity index (χ4n) is 2.34. The van der Waals surface area contributed by atoms with Crippen LogP contribution in [-0.2, 0) is 9.59 Å². The lowest BCUT2D eigenvalue weighted by atomic mass is 10.1. The standard InChI is InChI=1S/C18H18N4O4S2/c1-25-13-4-3-11(9-14(13)26-2)12-10-28-18(20-12)22-16(24)6-5-15(23)21-17-19-7-8-27-17/h3-4,7-10H,5-6H2,1-2H3,(H,19,21,23)(H,20,22,24). The van der Waals surface area contributed by atoms with Gasteiger partial charge in [-0.1, -0.05) is 0 Å². The molecule has 2 aromatic heterocycles. The second kappa shape index (κ2) is 9.29. The fraction of sp³-hybridized carbons (Fsp3) is 0.222. The van der Waals surface area contributed by atoms with Crippen LogP contribution < -0.4 is 20.1 Å². The highest BCUT2D eigenvalue weighted by molar-refractivity contribution is 7.14. The maximum absolute atomic E-state index is 12.1. The number of nitrogens with zero attached hydrogens (tertiary/aromatic N) is 2. The number of benzene rings is 1. The highest BCUT2D eigenvalue weighted by Crippen LogP contribution is 2.33. The molecule has 3 rings (SSSR count). The monoisotopic (exact) mass is 418 g/mol. The molecule has 0 saturated heterocycles. The molecule has 10 heteroatoms. The molecular weight excluding hydrogens is 400 g/mol. The zero-order valence-corrected chi connectivity index (χ0v) is 16.9. The number of aromatic nitrogens is 2. The Bertz CT molecular complexity index is 956. The van der Waals surface area contributed by atoms with E-state index in [0.717, 1.165) is 5.56 Å². The summed E-state index contributed by atoms with van der Waals surface area (Å²) >= 11 is 2.64. The maximum atomic E-state index is 12.1. The van der Waals surface area contributed by atoms with Crippen molar-refractivity contribution in [2.45, 2.75) is 12.8 Å². The van der Waals surface area contributed by atoms with Gasteiger partial charge in [0.2, 0.25) is 11.8 Å². The van der Waals surface area contributed by atoms with Crippen LogP contribution in [0.15, 0.2) is 35.2 Å². The van der Waals surface area contributed by atoms with Gasteiger partial charge in [0.15, 0.2) is 21.8 Å². The van der Waals surface area contributed by atoms with Gasteiger partial charge in [-0.3, -0.25) is 9.59 Å². The zero-order valence-electron chi connectivity index (χ0n) is 15.2. The number of methoxy groups -OCH3 is 2. The molecule has 2 amide bonds. The van der Waals surface area contributed by atoms with Gasteiger partial charge in [-0.05, 0) is 18.2 Å². The summed E-state index contributed by atoms with van der Waals surface area (Å²) in [7, 11) is 3.14. The molecule has 0 unspecified atom stereocenters. The van der Waals surface area contributed by atoms with Crippen LogP contribution in [-0.4, -0.2) is 36.0 Å². The second-order valence-electron chi connectivity index (χ2n) is 5.54. The number of hydrogen-bond donors (Lipinski definition) is 2. The molecule has 2 N–H and O–H groups in total. The van der Waals surface area contributed by atoms with E-state index >= 15 is 0 Å². The number of amides is 2. The van der Waals surface area contributed by atoms with E-state index in [1.807, 2.05) is 17.5 Å². The number of anilines is 2. The number of rotatable bonds is 8. The molecule has 0 aliphatic carbocycles. The van der Waals surface area contributed by atoms with Gasteiger partial charge in [-0.25, -0.2) is 9.97 Å². The average molecular weight is 419 g/mol. The summed E-state index contributed by atoms with van der Waals surface area (Å²) in [6.45, 7) is 0. The minimum Gasteiger partial charge on any atom is -0.493 e. The van der Waals surface area contributed by atoms with Crippen LogP contribution in [0.5, 0.6) is 11.5 Å². The van der Waals surface area contributed by atoms with E-state index in [1.165, 1.54) is 22.7 Å². The first-order valence-electron chi connectivity index (χ1n) is 8.26. The van der Waals surface area contributed by atoms with Crippen molar-refractivity contribution in [3.63, 3.8) is 0 Å². The van der Waals surface area contributed by atoms with Gasteiger partial charge >= 0.3 is 0 Å². The number of carbonyl (C=O) groups excluding carboxylic acids is 2. The Hall–Kier alpha value is -2.98. The predicted molar refractivity (Wildman–Crippen MR) is 109 cm³/mol. The molecule has 28 heavy (non-hydrogen) atoms. The van der Waals surface area contributed by atoms with E-state index in [2.05, 4.69) is 20.6 Å². The number of thiazole rings is 2. The van der Waals surface area contributed by atoms with E-state index in [4.69, 9.17) is 9.47 Å². The van der Waals surface area contributed by atoms with Crippen LogP contribution in [0.25, 0.3) is 11.3 Å². The van der Waals surface area contributed by atoms with Gasteiger partial charge in [0.25, 0.3) is 0 Å². The van der Waals surface area contributed by atoms with Crippen molar-refractivity contribution in [3.8, 4) is 22.8 Å².